The molecule has 1 aromatic rings. The normalized spacial score (nSPS) is 19.1. The van der Waals surface area contributed by atoms with Crippen LogP contribution in [0.3, 0.4) is 0 Å². The summed E-state index contributed by atoms with van der Waals surface area (Å²) in [6, 6.07) is 0. The van der Waals surface area contributed by atoms with Gasteiger partial charge in [-0.3, -0.25) is 9.59 Å². The number of amides is 2. The Morgan fingerprint density at radius 3 is 2.82 bits per heavy atom. The van der Waals surface area contributed by atoms with Crippen molar-refractivity contribution in [1.82, 2.24) is 19.8 Å². The van der Waals surface area contributed by atoms with E-state index in [9.17, 15) is 9.59 Å². The van der Waals surface area contributed by atoms with Gasteiger partial charge in [0.05, 0.1) is 0 Å². The Labute approximate surface area is 130 Å². The van der Waals surface area contributed by atoms with Crippen molar-refractivity contribution in [2.45, 2.75) is 45.6 Å². The van der Waals surface area contributed by atoms with Gasteiger partial charge in [0.2, 0.25) is 0 Å². The molecule has 22 heavy (non-hydrogen) atoms. The number of carbonyl (C=O) groups excluding carboxylic acids is 2. The first-order valence-electron chi connectivity index (χ1n) is 8.33. The summed E-state index contributed by atoms with van der Waals surface area (Å²) in [5, 5.41) is 2.98. The number of likely N-dealkylation sites (N-methyl/N-ethyl adjacent to an activating group) is 1. The molecule has 2 aliphatic rings. The average molecular weight is 304 g/mol. The first-order chi connectivity index (χ1) is 10.7. The quantitative estimate of drug-likeness (QED) is 0.920. The summed E-state index contributed by atoms with van der Waals surface area (Å²) < 4.78 is 1.80. The molecule has 0 unspecified atom stereocenters. The number of rotatable bonds is 4. The van der Waals surface area contributed by atoms with E-state index in [1.165, 1.54) is 32.1 Å². The first-order valence-corrected chi connectivity index (χ1v) is 8.33. The van der Waals surface area contributed by atoms with Crippen molar-refractivity contribution in [1.29, 1.82) is 0 Å². The summed E-state index contributed by atoms with van der Waals surface area (Å²) in [7, 11) is 0. The van der Waals surface area contributed by atoms with E-state index < -0.39 is 0 Å². The van der Waals surface area contributed by atoms with Crippen LogP contribution in [0.25, 0.3) is 0 Å². The van der Waals surface area contributed by atoms with Crippen molar-refractivity contribution in [3.05, 3.63) is 17.7 Å². The number of nitrogens with zero attached hydrogens (tertiary/aromatic N) is 3. The predicted octanol–water partition coefficient (Wildman–Crippen LogP) is 1.67. The van der Waals surface area contributed by atoms with E-state index in [-0.39, 0.29) is 11.8 Å². The molecule has 1 aromatic heterocycles. The zero-order chi connectivity index (χ0) is 15.5. The number of imidazole rings is 1. The van der Waals surface area contributed by atoms with E-state index in [1.807, 2.05) is 6.92 Å². The lowest BCUT2D eigenvalue weighted by Gasteiger charge is -2.25. The molecule has 2 amide bonds. The lowest BCUT2D eigenvalue weighted by Crippen LogP contribution is -2.40. The maximum absolute atomic E-state index is 12.3. The van der Waals surface area contributed by atoms with Crippen LogP contribution in [0.5, 0.6) is 0 Å². The highest BCUT2D eigenvalue weighted by atomic mass is 16.2. The molecule has 6 heteroatoms. The number of hydrogen-bond acceptors (Lipinski definition) is 3. The Kier molecular flexibility index (Phi) is 4.45. The molecule has 1 N–H and O–H groups in total. The third-order valence-corrected chi connectivity index (χ3v) is 4.76. The fraction of sp³-hybridized carbons (Fsp3) is 0.688. The van der Waals surface area contributed by atoms with Crippen molar-refractivity contribution in [3.8, 4) is 0 Å². The molecule has 0 atom stereocenters. The highest BCUT2D eigenvalue weighted by molar-refractivity contribution is 5.96. The Hall–Kier alpha value is -1.85. The van der Waals surface area contributed by atoms with Crippen LogP contribution in [0.1, 0.15) is 60.1 Å². The third-order valence-electron chi connectivity index (χ3n) is 4.76. The van der Waals surface area contributed by atoms with E-state index in [2.05, 4.69) is 10.3 Å². The minimum absolute atomic E-state index is 0.0833. The fourth-order valence-corrected chi connectivity index (χ4v) is 3.36. The van der Waals surface area contributed by atoms with Crippen LogP contribution in [0, 0.1) is 5.92 Å². The standard InChI is InChI=1S/C16H24N4O2/c1-2-19-8-9-20-11-13(18-14(20)16(19)22)15(21)17-10-12-6-4-3-5-7-12/h11-12H,2-10H2,1H3,(H,17,21). The minimum atomic E-state index is -0.164. The van der Waals surface area contributed by atoms with Gasteiger partial charge in [-0.1, -0.05) is 19.3 Å². The maximum atomic E-state index is 12.3. The molecule has 2 heterocycles. The van der Waals surface area contributed by atoms with Crippen LogP contribution in [-0.4, -0.2) is 45.9 Å². The van der Waals surface area contributed by atoms with Gasteiger partial charge < -0.3 is 14.8 Å². The molecule has 0 spiro atoms. The lowest BCUT2D eigenvalue weighted by molar-refractivity contribution is 0.0707. The van der Waals surface area contributed by atoms with E-state index in [0.29, 0.717) is 37.1 Å². The Morgan fingerprint density at radius 1 is 1.32 bits per heavy atom. The van der Waals surface area contributed by atoms with Gasteiger partial charge in [-0.05, 0) is 25.7 Å². The molecular formula is C16H24N4O2. The van der Waals surface area contributed by atoms with Gasteiger partial charge in [0.15, 0.2) is 5.82 Å². The highest BCUT2D eigenvalue weighted by Crippen LogP contribution is 2.22. The van der Waals surface area contributed by atoms with Crippen LogP contribution in [-0.2, 0) is 6.54 Å². The summed E-state index contributed by atoms with van der Waals surface area (Å²) in [5.74, 6) is 0.728. The van der Waals surface area contributed by atoms with E-state index in [1.54, 1.807) is 15.7 Å². The van der Waals surface area contributed by atoms with E-state index in [0.717, 1.165) is 6.54 Å². The smallest absolute Gasteiger partial charge is 0.289 e. The Morgan fingerprint density at radius 2 is 2.09 bits per heavy atom. The van der Waals surface area contributed by atoms with Crippen molar-refractivity contribution >= 4 is 11.8 Å². The van der Waals surface area contributed by atoms with Gasteiger partial charge in [-0.2, -0.15) is 0 Å². The maximum Gasteiger partial charge on any atom is 0.289 e. The molecule has 1 fully saturated rings. The topological polar surface area (TPSA) is 67.2 Å². The number of nitrogens with one attached hydrogen (secondary N) is 1. The molecule has 1 aliphatic carbocycles. The highest BCUT2D eigenvalue weighted by Gasteiger charge is 2.27. The molecule has 1 saturated carbocycles. The molecule has 1 aliphatic heterocycles. The largest absolute Gasteiger partial charge is 0.350 e. The van der Waals surface area contributed by atoms with Crippen molar-refractivity contribution < 1.29 is 9.59 Å². The summed E-state index contributed by atoms with van der Waals surface area (Å²) in [6.45, 7) is 4.74. The van der Waals surface area contributed by atoms with E-state index >= 15 is 0 Å². The van der Waals surface area contributed by atoms with Crippen LogP contribution in [0.15, 0.2) is 6.20 Å². The molecule has 120 valence electrons. The second kappa shape index (κ2) is 6.50. The molecule has 0 bridgehead atoms. The van der Waals surface area contributed by atoms with Gasteiger partial charge in [0.25, 0.3) is 11.8 Å². The molecular weight excluding hydrogens is 280 g/mol. The van der Waals surface area contributed by atoms with Crippen molar-refractivity contribution in [2.75, 3.05) is 19.6 Å². The summed E-state index contributed by atoms with van der Waals surface area (Å²) >= 11 is 0. The molecule has 0 radical (unpaired) electrons. The summed E-state index contributed by atoms with van der Waals surface area (Å²) in [4.78, 5) is 30.5. The predicted molar refractivity (Wildman–Crippen MR) is 82.7 cm³/mol. The number of aromatic nitrogens is 2. The Balaban J connectivity index is 1.63. The van der Waals surface area contributed by atoms with Gasteiger partial charge in [-0.15, -0.1) is 0 Å². The molecule has 0 saturated heterocycles. The van der Waals surface area contributed by atoms with Crippen LogP contribution >= 0.6 is 0 Å². The fourth-order valence-electron chi connectivity index (χ4n) is 3.36. The zero-order valence-electron chi connectivity index (χ0n) is 13.2. The molecule has 6 nitrogen and oxygen atoms in total. The van der Waals surface area contributed by atoms with Gasteiger partial charge in [0.1, 0.15) is 5.69 Å². The molecule has 3 rings (SSSR count). The van der Waals surface area contributed by atoms with E-state index in [4.69, 9.17) is 0 Å². The second-order valence-corrected chi connectivity index (χ2v) is 6.24. The van der Waals surface area contributed by atoms with Gasteiger partial charge in [-0.25, -0.2) is 4.98 Å². The number of hydrogen-bond donors (Lipinski definition) is 1. The van der Waals surface area contributed by atoms with Crippen LogP contribution in [0.2, 0.25) is 0 Å². The monoisotopic (exact) mass is 304 g/mol. The number of fused-ring (bicyclic) bond motifs is 1. The van der Waals surface area contributed by atoms with Gasteiger partial charge >= 0.3 is 0 Å². The van der Waals surface area contributed by atoms with Crippen LogP contribution in [0.4, 0.5) is 0 Å². The average Bonchev–Trinajstić information content (AvgIpc) is 2.99. The second-order valence-electron chi connectivity index (χ2n) is 6.24. The van der Waals surface area contributed by atoms with Crippen molar-refractivity contribution in [2.24, 2.45) is 5.92 Å². The zero-order valence-corrected chi connectivity index (χ0v) is 13.2. The van der Waals surface area contributed by atoms with Crippen LogP contribution < -0.4 is 5.32 Å². The summed E-state index contributed by atoms with van der Waals surface area (Å²) in [5.41, 5.74) is 0.358. The third kappa shape index (κ3) is 3.00. The Bertz CT molecular complexity index is 560. The number of carbonyl (C=O) groups is 2. The first kappa shape index (κ1) is 15.1. The SMILES string of the molecule is CCN1CCn2cc(C(=O)NCC3CCCCC3)nc2C1=O. The minimum Gasteiger partial charge on any atom is -0.350 e. The lowest BCUT2D eigenvalue weighted by atomic mass is 9.89. The molecule has 0 aromatic carbocycles. The van der Waals surface area contributed by atoms with Crippen molar-refractivity contribution in [3.63, 3.8) is 0 Å². The van der Waals surface area contributed by atoms with Gasteiger partial charge in [0, 0.05) is 32.4 Å². The summed E-state index contributed by atoms with van der Waals surface area (Å²) in [6.07, 6.45) is 7.94.